The molecular formula is C15H16N10O4. The van der Waals surface area contributed by atoms with E-state index in [-0.39, 0.29) is 29.1 Å². The van der Waals surface area contributed by atoms with Crippen LogP contribution in [0.5, 0.6) is 0 Å². The molecule has 0 aliphatic carbocycles. The van der Waals surface area contributed by atoms with Crippen molar-refractivity contribution in [1.29, 1.82) is 0 Å². The van der Waals surface area contributed by atoms with Gasteiger partial charge in [0.2, 0.25) is 0 Å². The van der Waals surface area contributed by atoms with Crippen molar-refractivity contribution in [3.05, 3.63) is 24.2 Å². The molecule has 5 rings (SSSR count). The van der Waals surface area contributed by atoms with Gasteiger partial charge in [-0.2, -0.15) is 0 Å². The number of aromatic nitrogens is 4. The van der Waals surface area contributed by atoms with E-state index in [1.807, 2.05) is 0 Å². The van der Waals surface area contributed by atoms with Crippen LogP contribution in [0.15, 0.2) is 39.2 Å². The maximum Gasteiger partial charge on any atom is 0.256 e. The summed E-state index contributed by atoms with van der Waals surface area (Å²) in [7, 11) is 0. The Hall–Kier alpha value is -3.62. The number of nitrogens with two attached hydrogens (primary N) is 2. The van der Waals surface area contributed by atoms with Gasteiger partial charge in [-0.15, -0.1) is 0 Å². The van der Waals surface area contributed by atoms with E-state index in [1.165, 1.54) is 19.0 Å². The number of fused-ring (bicyclic) bond motifs is 2. The normalized spacial score (nSPS) is 33.3. The molecule has 0 saturated carbocycles. The molecular weight excluding hydrogens is 384 g/mol. The number of hydrogen-bond acceptors (Lipinski definition) is 13. The van der Waals surface area contributed by atoms with Gasteiger partial charge >= 0.3 is 0 Å². The second-order valence-electron chi connectivity index (χ2n) is 6.55. The molecule has 0 spiro atoms. The van der Waals surface area contributed by atoms with Gasteiger partial charge in [-0.1, -0.05) is 0 Å². The highest BCUT2D eigenvalue weighted by Crippen LogP contribution is 2.34. The molecule has 3 aliphatic heterocycles. The average molecular weight is 400 g/mol. The molecule has 3 aliphatic rings. The van der Waals surface area contributed by atoms with Crippen LogP contribution in [0.3, 0.4) is 0 Å². The highest BCUT2D eigenvalue weighted by molar-refractivity contribution is 6.18. The topological polar surface area (TPSA) is 215 Å². The van der Waals surface area contributed by atoms with Crippen molar-refractivity contribution in [3.63, 3.8) is 0 Å². The number of aliphatic hydroxyl groups is 3. The van der Waals surface area contributed by atoms with Gasteiger partial charge in [-0.05, 0) is 0 Å². The van der Waals surface area contributed by atoms with E-state index in [0.29, 0.717) is 11.2 Å². The van der Waals surface area contributed by atoms with E-state index in [2.05, 4.69) is 35.2 Å². The smallest absolute Gasteiger partial charge is 0.256 e. The van der Waals surface area contributed by atoms with Crippen LogP contribution in [0.4, 0.5) is 5.82 Å². The largest absolute Gasteiger partial charge is 0.483 e. The lowest BCUT2D eigenvalue weighted by Crippen LogP contribution is -2.57. The van der Waals surface area contributed by atoms with E-state index in [0.717, 1.165) is 0 Å². The van der Waals surface area contributed by atoms with E-state index in [4.69, 9.17) is 16.2 Å². The average Bonchev–Trinajstić information content (AvgIpc) is 3.39. The maximum atomic E-state index is 10.2. The zero-order chi connectivity index (χ0) is 20.3. The van der Waals surface area contributed by atoms with E-state index in [9.17, 15) is 15.3 Å². The van der Waals surface area contributed by atoms with Crippen LogP contribution in [0.1, 0.15) is 0 Å². The third-order valence-electron chi connectivity index (χ3n) is 4.96. The van der Waals surface area contributed by atoms with Crippen molar-refractivity contribution in [2.45, 2.75) is 24.0 Å². The highest BCUT2D eigenvalue weighted by Gasteiger charge is 2.50. The van der Waals surface area contributed by atoms with Crippen LogP contribution in [-0.4, -0.2) is 77.8 Å². The van der Waals surface area contributed by atoms with Crippen molar-refractivity contribution >= 4 is 35.0 Å². The Labute approximate surface area is 162 Å². The number of nitrogens with zero attached hydrogens (tertiary/aromatic N) is 7. The molecule has 0 amide bonds. The first-order chi connectivity index (χ1) is 14.0. The van der Waals surface area contributed by atoms with Gasteiger partial charge in [-0.25, -0.2) is 29.9 Å². The van der Waals surface area contributed by atoms with Gasteiger partial charge in [-0.3, -0.25) is 4.57 Å². The molecule has 0 aromatic carbocycles. The molecule has 8 N–H and O–H groups in total. The third-order valence-corrected chi connectivity index (χ3v) is 4.96. The van der Waals surface area contributed by atoms with E-state index >= 15 is 0 Å². The lowest BCUT2D eigenvalue weighted by molar-refractivity contribution is -0.00297. The number of anilines is 1. The van der Waals surface area contributed by atoms with Gasteiger partial charge in [0.15, 0.2) is 40.8 Å². The minimum absolute atomic E-state index is 0.0135. The summed E-state index contributed by atoms with van der Waals surface area (Å²) < 4.78 is 6.98. The molecule has 1 saturated heterocycles. The van der Waals surface area contributed by atoms with Crippen LogP contribution in [0.25, 0.3) is 11.2 Å². The second-order valence-corrected chi connectivity index (χ2v) is 6.55. The fraction of sp³-hybridized carbons (Fsp3) is 0.333. The number of ether oxygens (including phenoxy) is 1. The first-order valence-electron chi connectivity index (χ1n) is 8.53. The summed E-state index contributed by atoms with van der Waals surface area (Å²) in [6.07, 6.45) is 0.332. The number of hydrogen-bond donors (Lipinski definition) is 6. The Balaban J connectivity index is 1.66. The predicted octanol–water partition coefficient (Wildman–Crippen LogP) is -3.26. The maximum absolute atomic E-state index is 10.2. The summed E-state index contributed by atoms with van der Waals surface area (Å²) in [5, 5.41) is 32.4. The van der Waals surface area contributed by atoms with Gasteiger partial charge < -0.3 is 36.8 Å². The summed E-state index contributed by atoms with van der Waals surface area (Å²) in [6.45, 7) is -0.482. The van der Waals surface area contributed by atoms with Crippen LogP contribution >= 0.6 is 0 Å². The molecule has 2 aromatic heterocycles. The number of nitrogen functional groups attached to an aromatic ring is 1. The molecule has 150 valence electrons. The Bertz CT molecular complexity index is 1140. The molecule has 14 nitrogen and oxygen atoms in total. The minimum Gasteiger partial charge on any atom is -0.483 e. The number of imidazole rings is 1. The van der Waals surface area contributed by atoms with Crippen LogP contribution < -0.4 is 16.8 Å². The molecule has 1 unspecified atom stereocenters. The SMILES string of the molecule is NC1=NC(=C2O[C@H](CO)[C@@H](O)[C@H]2O)NC2=NC=NC12n1cnc2c(N)ncnc21. The Morgan fingerprint density at radius 2 is 2.07 bits per heavy atom. The van der Waals surface area contributed by atoms with Crippen molar-refractivity contribution in [2.75, 3.05) is 12.3 Å². The molecule has 0 bridgehead atoms. The van der Waals surface area contributed by atoms with Crippen LogP contribution in [0.2, 0.25) is 0 Å². The first-order valence-corrected chi connectivity index (χ1v) is 8.53. The van der Waals surface area contributed by atoms with Gasteiger partial charge in [0, 0.05) is 0 Å². The van der Waals surface area contributed by atoms with Crippen molar-refractivity contribution in [1.82, 2.24) is 24.8 Å². The van der Waals surface area contributed by atoms with Gasteiger partial charge in [0.05, 0.1) is 12.9 Å². The summed E-state index contributed by atoms with van der Waals surface area (Å²) in [6, 6.07) is 0. The fourth-order valence-electron chi connectivity index (χ4n) is 3.47. The summed E-state index contributed by atoms with van der Waals surface area (Å²) >= 11 is 0. The molecule has 5 heterocycles. The van der Waals surface area contributed by atoms with E-state index in [1.54, 1.807) is 4.57 Å². The summed E-state index contributed by atoms with van der Waals surface area (Å²) in [5.74, 6) is 0.412. The number of aliphatic hydroxyl groups excluding tert-OH is 3. The van der Waals surface area contributed by atoms with E-state index < -0.39 is 30.6 Å². The lowest BCUT2D eigenvalue weighted by atomic mass is 10.1. The van der Waals surface area contributed by atoms with Crippen LogP contribution in [0, 0.1) is 0 Å². The van der Waals surface area contributed by atoms with Gasteiger partial charge in [0.1, 0.15) is 30.4 Å². The fourth-order valence-corrected chi connectivity index (χ4v) is 3.47. The van der Waals surface area contributed by atoms with Crippen LogP contribution in [-0.2, 0) is 10.4 Å². The molecule has 14 heteroatoms. The molecule has 29 heavy (non-hydrogen) atoms. The summed E-state index contributed by atoms with van der Waals surface area (Å²) in [5.41, 5.74) is 11.5. The zero-order valence-corrected chi connectivity index (χ0v) is 14.7. The molecule has 0 radical (unpaired) electrons. The summed E-state index contributed by atoms with van der Waals surface area (Å²) in [4.78, 5) is 25.2. The molecule has 2 aromatic rings. The zero-order valence-electron chi connectivity index (χ0n) is 14.7. The number of amidine groups is 2. The Morgan fingerprint density at radius 3 is 2.83 bits per heavy atom. The Kier molecular flexibility index (Phi) is 3.58. The standard InChI is InChI=1S/C15H16N10O4/c16-10-6-12(19-2-18-10)25(4-21-6)15-13(17)23-11(24-14(15)20-3-22-15)9-8(28)7(27)5(1-26)29-9/h2-5,7-8,26-28H,1H2,(H2,17,23)(H2,16,18,19)(H,20,22,24)/t5-,7-,8-,15?/m1/s1. The third kappa shape index (κ3) is 2.21. The van der Waals surface area contributed by atoms with Crippen molar-refractivity contribution in [2.24, 2.45) is 20.7 Å². The molecule has 4 atom stereocenters. The number of rotatable bonds is 2. The van der Waals surface area contributed by atoms with Crippen molar-refractivity contribution in [3.8, 4) is 0 Å². The number of nitrogens with one attached hydrogen (secondary N) is 1. The lowest BCUT2D eigenvalue weighted by Gasteiger charge is -2.33. The second kappa shape index (κ2) is 5.94. The molecule has 1 fully saturated rings. The Morgan fingerprint density at radius 1 is 1.24 bits per heavy atom. The first kappa shape index (κ1) is 17.5. The van der Waals surface area contributed by atoms with Crippen molar-refractivity contribution < 1.29 is 20.1 Å². The monoisotopic (exact) mass is 400 g/mol. The quantitative estimate of drug-likeness (QED) is 0.296. The minimum atomic E-state index is -1.40. The van der Waals surface area contributed by atoms with Gasteiger partial charge in [0.25, 0.3) is 5.66 Å². The highest BCUT2D eigenvalue weighted by atomic mass is 16.5. The number of aliphatic imine (C=N–C) groups is 3. The predicted molar refractivity (Wildman–Crippen MR) is 99.4 cm³/mol.